The van der Waals surface area contributed by atoms with Crippen molar-refractivity contribution in [3.63, 3.8) is 0 Å². The van der Waals surface area contributed by atoms with Crippen molar-refractivity contribution >= 4 is 17.7 Å². The third kappa shape index (κ3) is 3.11. The van der Waals surface area contributed by atoms with Crippen molar-refractivity contribution in [3.05, 3.63) is 0 Å². The summed E-state index contributed by atoms with van der Waals surface area (Å²) < 4.78 is 5.04. The molecule has 0 saturated carbocycles. The molecule has 0 spiro atoms. The van der Waals surface area contributed by atoms with E-state index in [0.717, 1.165) is 12.2 Å². The molecule has 1 saturated heterocycles. The lowest BCUT2D eigenvalue weighted by Gasteiger charge is -2.35. The molecule has 0 bridgehead atoms. The Bertz CT molecular complexity index is 233. The number of thioether (sulfide) groups is 1. The SMILES string of the molecule is CCOC(=O)CC1(N(C)C)CSC(C)C1. The van der Waals surface area contributed by atoms with Crippen molar-refractivity contribution in [3.8, 4) is 0 Å². The lowest BCUT2D eigenvalue weighted by atomic mass is 9.91. The summed E-state index contributed by atoms with van der Waals surface area (Å²) in [6, 6.07) is 0. The number of carbonyl (C=O) groups excluding carboxylic acids is 1. The smallest absolute Gasteiger partial charge is 0.307 e. The molecule has 0 N–H and O–H groups in total. The van der Waals surface area contributed by atoms with Gasteiger partial charge < -0.3 is 9.64 Å². The average Bonchev–Trinajstić information content (AvgIpc) is 2.49. The Kier molecular flexibility index (Phi) is 4.46. The Balaban J connectivity index is 2.63. The van der Waals surface area contributed by atoms with Crippen LogP contribution in [0.4, 0.5) is 0 Å². The highest BCUT2D eigenvalue weighted by atomic mass is 32.2. The zero-order valence-electron chi connectivity index (χ0n) is 10.1. The first-order valence-corrected chi connectivity index (χ1v) is 6.50. The van der Waals surface area contributed by atoms with Gasteiger partial charge >= 0.3 is 5.97 Å². The van der Waals surface area contributed by atoms with E-state index >= 15 is 0 Å². The maximum atomic E-state index is 11.6. The van der Waals surface area contributed by atoms with E-state index in [1.165, 1.54) is 0 Å². The van der Waals surface area contributed by atoms with Crippen LogP contribution in [0.25, 0.3) is 0 Å². The summed E-state index contributed by atoms with van der Waals surface area (Å²) in [4.78, 5) is 13.7. The molecule has 2 unspecified atom stereocenters. The molecule has 4 heteroatoms. The van der Waals surface area contributed by atoms with Gasteiger partial charge in [0.15, 0.2) is 0 Å². The summed E-state index contributed by atoms with van der Waals surface area (Å²) in [5, 5.41) is 0.641. The van der Waals surface area contributed by atoms with Crippen molar-refractivity contribution < 1.29 is 9.53 Å². The van der Waals surface area contributed by atoms with Crippen LogP contribution in [0.15, 0.2) is 0 Å². The normalized spacial score (nSPS) is 30.9. The first kappa shape index (κ1) is 12.8. The second-order valence-corrected chi connectivity index (χ2v) is 5.85. The monoisotopic (exact) mass is 231 g/mol. The van der Waals surface area contributed by atoms with Crippen LogP contribution in [0.3, 0.4) is 0 Å². The fourth-order valence-electron chi connectivity index (χ4n) is 2.02. The lowest BCUT2D eigenvalue weighted by molar-refractivity contribution is -0.145. The second kappa shape index (κ2) is 5.21. The van der Waals surface area contributed by atoms with Crippen LogP contribution in [0.2, 0.25) is 0 Å². The van der Waals surface area contributed by atoms with Gasteiger partial charge in [-0.3, -0.25) is 4.79 Å². The number of hydrogen-bond donors (Lipinski definition) is 0. The molecular formula is C11H21NO2S. The van der Waals surface area contributed by atoms with Crippen LogP contribution in [0.1, 0.15) is 26.7 Å². The van der Waals surface area contributed by atoms with Crippen LogP contribution in [-0.2, 0) is 9.53 Å². The minimum absolute atomic E-state index is 0.0103. The third-order valence-electron chi connectivity index (χ3n) is 3.03. The Morgan fingerprint density at radius 3 is 2.67 bits per heavy atom. The summed E-state index contributed by atoms with van der Waals surface area (Å²) in [5.74, 6) is 0.959. The van der Waals surface area contributed by atoms with E-state index in [9.17, 15) is 4.79 Å². The summed E-state index contributed by atoms with van der Waals surface area (Å²) in [6.45, 7) is 4.55. The van der Waals surface area contributed by atoms with Crippen molar-refractivity contribution in [2.45, 2.75) is 37.5 Å². The number of ether oxygens (including phenoxy) is 1. The number of rotatable bonds is 4. The first-order valence-electron chi connectivity index (χ1n) is 5.45. The summed E-state index contributed by atoms with van der Waals surface area (Å²) in [7, 11) is 4.11. The average molecular weight is 231 g/mol. The van der Waals surface area contributed by atoms with Gasteiger partial charge in [0.25, 0.3) is 0 Å². The molecular weight excluding hydrogens is 210 g/mol. The van der Waals surface area contributed by atoms with E-state index in [-0.39, 0.29) is 11.5 Å². The second-order valence-electron chi connectivity index (χ2n) is 4.43. The standard InChI is InChI=1S/C11H21NO2S/c1-5-14-10(13)7-11(12(3)4)6-9(2)15-8-11/h9H,5-8H2,1-4H3. The Morgan fingerprint density at radius 2 is 2.27 bits per heavy atom. The molecule has 2 atom stereocenters. The highest BCUT2D eigenvalue weighted by Gasteiger charge is 2.42. The molecule has 0 aromatic heterocycles. The van der Waals surface area contributed by atoms with Crippen molar-refractivity contribution in [1.29, 1.82) is 0 Å². The Labute approximate surface area is 96.5 Å². The Morgan fingerprint density at radius 1 is 1.60 bits per heavy atom. The van der Waals surface area contributed by atoms with E-state index in [2.05, 4.69) is 25.9 Å². The fraction of sp³-hybridized carbons (Fsp3) is 0.909. The largest absolute Gasteiger partial charge is 0.466 e. The van der Waals surface area contributed by atoms with E-state index in [1.807, 2.05) is 18.7 Å². The predicted octanol–water partition coefficient (Wildman–Crippen LogP) is 1.77. The number of esters is 1. The molecule has 1 fully saturated rings. The van der Waals surface area contributed by atoms with Gasteiger partial charge in [-0.2, -0.15) is 11.8 Å². The molecule has 0 radical (unpaired) electrons. The molecule has 0 amide bonds. The van der Waals surface area contributed by atoms with Gasteiger partial charge in [0.1, 0.15) is 0 Å². The maximum absolute atomic E-state index is 11.6. The quantitative estimate of drug-likeness (QED) is 0.690. The van der Waals surface area contributed by atoms with Crippen LogP contribution in [0.5, 0.6) is 0 Å². The highest BCUT2D eigenvalue weighted by molar-refractivity contribution is 8.00. The molecule has 0 aromatic rings. The predicted molar refractivity (Wildman–Crippen MR) is 64.2 cm³/mol. The van der Waals surface area contributed by atoms with Gasteiger partial charge in [-0.25, -0.2) is 0 Å². The molecule has 15 heavy (non-hydrogen) atoms. The number of carbonyl (C=O) groups is 1. The van der Waals surface area contributed by atoms with E-state index in [1.54, 1.807) is 0 Å². The topological polar surface area (TPSA) is 29.5 Å². The van der Waals surface area contributed by atoms with Crippen molar-refractivity contribution in [1.82, 2.24) is 4.90 Å². The van der Waals surface area contributed by atoms with Crippen LogP contribution in [-0.4, -0.2) is 48.1 Å². The van der Waals surface area contributed by atoms with Gasteiger partial charge in [0.2, 0.25) is 0 Å². The van der Waals surface area contributed by atoms with E-state index < -0.39 is 0 Å². The number of hydrogen-bond acceptors (Lipinski definition) is 4. The summed E-state index contributed by atoms with van der Waals surface area (Å²) >= 11 is 1.94. The van der Waals surface area contributed by atoms with Crippen LogP contribution < -0.4 is 0 Å². The molecule has 0 aliphatic carbocycles. The lowest BCUT2D eigenvalue weighted by Crippen LogP contribution is -2.46. The van der Waals surface area contributed by atoms with Crippen LogP contribution >= 0.6 is 11.8 Å². The molecule has 0 aromatic carbocycles. The van der Waals surface area contributed by atoms with Gasteiger partial charge in [-0.05, 0) is 27.4 Å². The zero-order chi connectivity index (χ0) is 11.5. The molecule has 3 nitrogen and oxygen atoms in total. The summed E-state index contributed by atoms with van der Waals surface area (Å²) in [5.41, 5.74) is 0.0103. The minimum atomic E-state index is -0.0686. The van der Waals surface area contributed by atoms with Crippen LogP contribution in [0, 0.1) is 0 Å². The maximum Gasteiger partial charge on any atom is 0.307 e. The van der Waals surface area contributed by atoms with Crippen molar-refractivity contribution in [2.75, 3.05) is 26.5 Å². The van der Waals surface area contributed by atoms with Gasteiger partial charge in [-0.1, -0.05) is 6.92 Å². The Hall–Kier alpha value is -0.220. The zero-order valence-corrected chi connectivity index (χ0v) is 10.9. The molecule has 1 aliphatic heterocycles. The van der Waals surface area contributed by atoms with Gasteiger partial charge in [0, 0.05) is 16.5 Å². The first-order chi connectivity index (χ1) is 7.00. The number of nitrogens with zero attached hydrogens (tertiary/aromatic N) is 1. The third-order valence-corrected chi connectivity index (χ3v) is 4.47. The molecule has 1 aliphatic rings. The summed E-state index contributed by atoms with van der Waals surface area (Å²) in [6.07, 6.45) is 1.59. The van der Waals surface area contributed by atoms with E-state index in [0.29, 0.717) is 18.3 Å². The van der Waals surface area contributed by atoms with E-state index in [4.69, 9.17) is 4.74 Å². The minimum Gasteiger partial charge on any atom is -0.466 e. The fourth-order valence-corrected chi connectivity index (χ4v) is 3.52. The van der Waals surface area contributed by atoms with Crippen molar-refractivity contribution in [2.24, 2.45) is 0 Å². The van der Waals surface area contributed by atoms with Gasteiger partial charge in [-0.15, -0.1) is 0 Å². The highest BCUT2D eigenvalue weighted by Crippen LogP contribution is 2.39. The molecule has 1 heterocycles. The molecule has 88 valence electrons. The molecule has 1 rings (SSSR count). The van der Waals surface area contributed by atoms with Gasteiger partial charge in [0.05, 0.1) is 13.0 Å².